The van der Waals surface area contributed by atoms with E-state index < -0.39 is 0 Å². The number of anilines is 1. The highest BCUT2D eigenvalue weighted by Gasteiger charge is 2.15. The van der Waals surface area contributed by atoms with Crippen molar-refractivity contribution >= 4 is 29.1 Å². The highest BCUT2D eigenvalue weighted by Crippen LogP contribution is 2.27. The van der Waals surface area contributed by atoms with Crippen LogP contribution in [-0.4, -0.2) is 44.0 Å². The predicted molar refractivity (Wildman–Crippen MR) is 133 cm³/mol. The van der Waals surface area contributed by atoms with Gasteiger partial charge in [-0.3, -0.25) is 14.5 Å². The van der Waals surface area contributed by atoms with Gasteiger partial charge >= 0.3 is 0 Å². The average Bonchev–Trinajstić information content (AvgIpc) is 2.79. The molecular formula is C26H28ClN3O3. The number of halogens is 1. The zero-order chi connectivity index (χ0) is 23.8. The fourth-order valence-electron chi connectivity index (χ4n) is 3.48. The number of benzene rings is 3. The monoisotopic (exact) mass is 465 g/mol. The fraction of sp³-hybridized carbons (Fsp3) is 0.231. The Morgan fingerprint density at radius 3 is 2.24 bits per heavy atom. The molecule has 0 spiro atoms. The van der Waals surface area contributed by atoms with E-state index in [9.17, 15) is 9.59 Å². The minimum absolute atomic E-state index is 0.0449. The Balaban J connectivity index is 1.49. The molecule has 0 aliphatic carbocycles. The first kappa shape index (κ1) is 24.3. The lowest BCUT2D eigenvalue weighted by molar-refractivity contribution is -0.123. The van der Waals surface area contributed by atoms with Crippen molar-refractivity contribution in [2.45, 2.75) is 13.0 Å². The molecule has 0 heterocycles. The van der Waals surface area contributed by atoms with Crippen molar-refractivity contribution in [1.82, 2.24) is 10.2 Å². The van der Waals surface area contributed by atoms with E-state index in [2.05, 4.69) is 22.8 Å². The Hall–Kier alpha value is -3.35. The summed E-state index contributed by atoms with van der Waals surface area (Å²) in [4.78, 5) is 26.5. The van der Waals surface area contributed by atoms with Crippen LogP contribution in [0.25, 0.3) is 11.1 Å². The molecule has 0 saturated carbocycles. The summed E-state index contributed by atoms with van der Waals surface area (Å²) in [5, 5.41) is 6.25. The maximum Gasteiger partial charge on any atom is 0.238 e. The van der Waals surface area contributed by atoms with Gasteiger partial charge in [0, 0.05) is 5.02 Å². The topological polar surface area (TPSA) is 70.7 Å². The van der Waals surface area contributed by atoms with Gasteiger partial charge in [-0.2, -0.15) is 0 Å². The molecule has 0 radical (unpaired) electrons. The van der Waals surface area contributed by atoms with Gasteiger partial charge in [-0.15, -0.1) is 0 Å². The van der Waals surface area contributed by atoms with Gasteiger partial charge < -0.3 is 15.4 Å². The number of amides is 2. The predicted octanol–water partition coefficient (Wildman–Crippen LogP) is 4.76. The lowest BCUT2D eigenvalue weighted by Crippen LogP contribution is -2.39. The number of nitrogens with one attached hydrogen (secondary N) is 2. The van der Waals surface area contributed by atoms with Gasteiger partial charge in [0.2, 0.25) is 11.8 Å². The van der Waals surface area contributed by atoms with E-state index in [4.69, 9.17) is 16.3 Å². The van der Waals surface area contributed by atoms with E-state index >= 15 is 0 Å². The van der Waals surface area contributed by atoms with Gasteiger partial charge in [-0.05, 0) is 48.9 Å². The Morgan fingerprint density at radius 2 is 1.58 bits per heavy atom. The fourth-order valence-corrected chi connectivity index (χ4v) is 3.65. The molecule has 6 nitrogen and oxygen atoms in total. The largest absolute Gasteiger partial charge is 0.495 e. The van der Waals surface area contributed by atoms with Crippen molar-refractivity contribution in [3.63, 3.8) is 0 Å². The summed E-state index contributed by atoms with van der Waals surface area (Å²) in [7, 11) is 3.24. The second kappa shape index (κ2) is 11.5. The highest BCUT2D eigenvalue weighted by molar-refractivity contribution is 6.31. The van der Waals surface area contributed by atoms with Crippen LogP contribution >= 0.6 is 11.6 Å². The maximum absolute atomic E-state index is 12.5. The minimum Gasteiger partial charge on any atom is -0.495 e. The van der Waals surface area contributed by atoms with E-state index in [-0.39, 0.29) is 30.9 Å². The third-order valence-electron chi connectivity index (χ3n) is 5.16. The molecule has 2 N–H and O–H groups in total. The molecule has 0 unspecified atom stereocenters. The molecule has 0 aromatic heterocycles. The highest BCUT2D eigenvalue weighted by atomic mass is 35.5. The van der Waals surface area contributed by atoms with Gasteiger partial charge in [0.25, 0.3) is 0 Å². The summed E-state index contributed by atoms with van der Waals surface area (Å²) in [6.45, 7) is 2.07. The molecule has 33 heavy (non-hydrogen) atoms. The molecule has 172 valence electrons. The second-order valence-electron chi connectivity index (χ2n) is 7.84. The van der Waals surface area contributed by atoms with Crippen LogP contribution in [-0.2, 0) is 9.59 Å². The van der Waals surface area contributed by atoms with Crippen LogP contribution < -0.4 is 15.4 Å². The molecule has 0 aliphatic rings. The van der Waals surface area contributed by atoms with E-state index in [0.717, 1.165) is 16.7 Å². The third-order valence-corrected chi connectivity index (χ3v) is 5.39. The van der Waals surface area contributed by atoms with Gasteiger partial charge in [-0.25, -0.2) is 0 Å². The number of hydrogen-bond acceptors (Lipinski definition) is 4. The normalized spacial score (nSPS) is 11.7. The van der Waals surface area contributed by atoms with E-state index in [0.29, 0.717) is 16.5 Å². The second-order valence-corrected chi connectivity index (χ2v) is 8.28. The molecule has 0 fully saturated rings. The van der Waals surface area contributed by atoms with Crippen LogP contribution in [0.4, 0.5) is 5.69 Å². The van der Waals surface area contributed by atoms with Gasteiger partial charge in [0.15, 0.2) is 0 Å². The average molecular weight is 466 g/mol. The number of carbonyl (C=O) groups excluding carboxylic acids is 2. The minimum atomic E-state index is -0.268. The summed E-state index contributed by atoms with van der Waals surface area (Å²) in [5.41, 5.74) is 3.77. The van der Waals surface area contributed by atoms with Gasteiger partial charge in [0.05, 0.1) is 31.9 Å². The first-order valence-corrected chi connectivity index (χ1v) is 11.0. The molecule has 0 saturated heterocycles. The Kier molecular flexibility index (Phi) is 8.46. The summed E-state index contributed by atoms with van der Waals surface area (Å²) in [6.07, 6.45) is 0. The molecule has 3 rings (SSSR count). The number of likely N-dealkylation sites (N-methyl/N-ethyl adjacent to an activating group) is 1. The molecule has 0 bridgehead atoms. The smallest absolute Gasteiger partial charge is 0.238 e. The Morgan fingerprint density at radius 1 is 0.939 bits per heavy atom. The van der Waals surface area contributed by atoms with Crippen molar-refractivity contribution in [1.29, 1.82) is 0 Å². The number of hydrogen-bond donors (Lipinski definition) is 2. The van der Waals surface area contributed by atoms with Gasteiger partial charge in [0.1, 0.15) is 5.75 Å². The summed E-state index contributed by atoms with van der Waals surface area (Å²) in [5.74, 6) is 0.0842. The lowest BCUT2D eigenvalue weighted by Gasteiger charge is -2.19. The molecule has 0 aliphatic heterocycles. The summed E-state index contributed by atoms with van der Waals surface area (Å²) >= 11 is 6.00. The molecule has 7 heteroatoms. The van der Waals surface area contributed by atoms with Crippen molar-refractivity contribution in [3.05, 3.63) is 83.4 Å². The quantitative estimate of drug-likeness (QED) is 0.478. The van der Waals surface area contributed by atoms with E-state index in [1.54, 1.807) is 30.1 Å². The summed E-state index contributed by atoms with van der Waals surface area (Å²) in [6, 6.07) is 23.1. The Labute approximate surface area is 199 Å². The Bertz CT molecular complexity index is 1090. The number of rotatable bonds is 9. The van der Waals surface area contributed by atoms with E-state index in [1.807, 2.05) is 49.4 Å². The van der Waals surface area contributed by atoms with Crippen molar-refractivity contribution in [2.24, 2.45) is 0 Å². The molecule has 2 amide bonds. The lowest BCUT2D eigenvalue weighted by atomic mass is 10.0. The molecule has 3 aromatic carbocycles. The zero-order valence-corrected chi connectivity index (χ0v) is 19.7. The van der Waals surface area contributed by atoms with Crippen LogP contribution in [0, 0.1) is 0 Å². The molecular weight excluding hydrogens is 438 g/mol. The van der Waals surface area contributed by atoms with Crippen molar-refractivity contribution < 1.29 is 14.3 Å². The van der Waals surface area contributed by atoms with Crippen LogP contribution in [0.2, 0.25) is 5.02 Å². The van der Waals surface area contributed by atoms with Crippen LogP contribution in [0.15, 0.2) is 72.8 Å². The number of nitrogens with zero attached hydrogens (tertiary/aromatic N) is 1. The zero-order valence-electron chi connectivity index (χ0n) is 19.0. The van der Waals surface area contributed by atoms with E-state index in [1.165, 1.54) is 7.11 Å². The SMILES string of the molecule is COc1ccc(Cl)cc1NC(=O)CN(C)CC(=O)N[C@H](C)c1ccc(-c2ccccc2)cc1. The maximum atomic E-state index is 12.5. The van der Waals surface area contributed by atoms with Crippen LogP contribution in [0.3, 0.4) is 0 Å². The van der Waals surface area contributed by atoms with Gasteiger partial charge in [-0.1, -0.05) is 66.2 Å². The standard InChI is InChI=1S/C26H28ClN3O3/c1-18(19-9-11-21(12-10-19)20-7-5-4-6-8-20)28-25(31)16-30(2)17-26(32)29-23-15-22(27)13-14-24(23)33-3/h4-15,18H,16-17H2,1-3H3,(H,28,31)(H,29,32)/t18-/m1/s1. The van der Waals surface area contributed by atoms with Crippen LogP contribution in [0.5, 0.6) is 5.75 Å². The number of methoxy groups -OCH3 is 1. The van der Waals surface area contributed by atoms with Crippen LogP contribution in [0.1, 0.15) is 18.5 Å². The molecule has 3 aromatic rings. The first-order chi connectivity index (χ1) is 15.9. The number of carbonyl (C=O) groups is 2. The molecule has 1 atom stereocenters. The number of ether oxygens (including phenoxy) is 1. The third kappa shape index (κ3) is 7.07. The summed E-state index contributed by atoms with van der Waals surface area (Å²) < 4.78 is 5.24. The van der Waals surface area contributed by atoms with Crippen molar-refractivity contribution in [3.8, 4) is 16.9 Å². The van der Waals surface area contributed by atoms with Crippen molar-refractivity contribution in [2.75, 3.05) is 32.6 Å². The first-order valence-electron chi connectivity index (χ1n) is 10.6.